The molecule has 0 aliphatic heterocycles. The van der Waals surface area contributed by atoms with Gasteiger partial charge in [0, 0.05) is 18.4 Å². The highest BCUT2D eigenvalue weighted by molar-refractivity contribution is 7.90. The van der Waals surface area contributed by atoms with Gasteiger partial charge in [-0.25, -0.2) is 17.2 Å². The van der Waals surface area contributed by atoms with Gasteiger partial charge in [-0.3, -0.25) is 0 Å². The summed E-state index contributed by atoms with van der Waals surface area (Å²) in [6.07, 6.45) is -1.93. The topological polar surface area (TPSA) is 110 Å². The minimum Gasteiger partial charge on any atom is -0.391 e. The standard InChI is InChI=1S/C17H17F2N5O3S/c1-28(26,27)14-8-7-13(21-22-14)24-17(12(10-25)15(23-24)16(18)19)20-9-11-5-3-2-4-6-11/h2-8,16,20,25H,9-10H2,1H3. The van der Waals surface area contributed by atoms with Crippen LogP contribution in [0.1, 0.15) is 23.2 Å². The number of aromatic nitrogens is 4. The Morgan fingerprint density at radius 2 is 1.86 bits per heavy atom. The number of nitrogens with one attached hydrogen (secondary N) is 1. The van der Waals surface area contributed by atoms with Crippen LogP contribution in [-0.4, -0.2) is 39.8 Å². The lowest BCUT2D eigenvalue weighted by atomic mass is 10.2. The van der Waals surface area contributed by atoms with Gasteiger partial charge in [0.25, 0.3) is 6.43 Å². The van der Waals surface area contributed by atoms with Crippen molar-refractivity contribution in [3.63, 3.8) is 0 Å². The first-order valence-corrected chi connectivity index (χ1v) is 10.0. The third-order valence-electron chi connectivity index (χ3n) is 3.91. The molecule has 8 nitrogen and oxygen atoms in total. The molecular formula is C17H17F2N5O3S. The van der Waals surface area contributed by atoms with Crippen molar-refractivity contribution in [2.45, 2.75) is 24.6 Å². The molecule has 2 aromatic heterocycles. The van der Waals surface area contributed by atoms with Crippen LogP contribution in [0, 0.1) is 0 Å². The number of anilines is 1. The van der Waals surface area contributed by atoms with Crippen molar-refractivity contribution >= 4 is 15.7 Å². The van der Waals surface area contributed by atoms with E-state index in [-0.39, 0.29) is 28.8 Å². The summed E-state index contributed by atoms with van der Waals surface area (Å²) in [5, 5.41) is 23.6. The molecule has 0 saturated carbocycles. The van der Waals surface area contributed by atoms with Gasteiger partial charge in [-0.2, -0.15) is 9.78 Å². The maximum absolute atomic E-state index is 13.4. The SMILES string of the molecule is CS(=O)(=O)c1ccc(-n2nc(C(F)F)c(CO)c2NCc2ccccc2)nn1. The van der Waals surface area contributed by atoms with Crippen LogP contribution in [0.4, 0.5) is 14.6 Å². The molecule has 0 saturated heterocycles. The molecule has 0 aliphatic rings. The summed E-state index contributed by atoms with van der Waals surface area (Å²) in [4.78, 5) is 0. The van der Waals surface area contributed by atoms with Crippen LogP contribution in [-0.2, 0) is 23.0 Å². The number of hydrogen-bond donors (Lipinski definition) is 2. The minimum atomic E-state index is -3.56. The molecule has 0 fully saturated rings. The van der Waals surface area contributed by atoms with E-state index in [2.05, 4.69) is 20.6 Å². The summed E-state index contributed by atoms with van der Waals surface area (Å²) in [6.45, 7) is -0.372. The van der Waals surface area contributed by atoms with Crippen LogP contribution in [0.25, 0.3) is 5.82 Å². The Balaban J connectivity index is 2.03. The van der Waals surface area contributed by atoms with Crippen LogP contribution >= 0.6 is 0 Å². The summed E-state index contributed by atoms with van der Waals surface area (Å²) in [6, 6.07) is 11.7. The highest BCUT2D eigenvalue weighted by atomic mass is 32.2. The predicted octanol–water partition coefficient (Wildman–Crippen LogP) is 2.11. The molecule has 0 atom stereocenters. The Bertz CT molecular complexity index is 1050. The zero-order valence-electron chi connectivity index (χ0n) is 14.7. The fraction of sp³-hybridized carbons (Fsp3) is 0.235. The van der Waals surface area contributed by atoms with E-state index in [1.54, 1.807) is 0 Å². The molecule has 148 valence electrons. The lowest BCUT2D eigenvalue weighted by Gasteiger charge is -2.11. The molecule has 3 rings (SSSR count). The molecule has 0 aliphatic carbocycles. The van der Waals surface area contributed by atoms with E-state index in [4.69, 9.17) is 0 Å². The summed E-state index contributed by atoms with van der Waals surface area (Å²) >= 11 is 0. The van der Waals surface area contributed by atoms with Gasteiger partial charge in [0.05, 0.1) is 6.61 Å². The van der Waals surface area contributed by atoms with E-state index in [9.17, 15) is 22.3 Å². The number of benzene rings is 1. The highest BCUT2D eigenvalue weighted by Gasteiger charge is 2.25. The number of hydrogen-bond acceptors (Lipinski definition) is 7. The van der Waals surface area contributed by atoms with Gasteiger partial charge in [0.15, 0.2) is 20.7 Å². The van der Waals surface area contributed by atoms with Crippen molar-refractivity contribution in [1.82, 2.24) is 20.0 Å². The average molecular weight is 409 g/mol. The number of sulfone groups is 1. The number of rotatable bonds is 7. The van der Waals surface area contributed by atoms with Crippen molar-refractivity contribution < 1.29 is 22.3 Å². The van der Waals surface area contributed by atoms with Crippen molar-refractivity contribution in [3.05, 3.63) is 59.3 Å². The van der Waals surface area contributed by atoms with Gasteiger partial charge in [-0.1, -0.05) is 30.3 Å². The largest absolute Gasteiger partial charge is 0.391 e. The maximum atomic E-state index is 13.4. The van der Waals surface area contributed by atoms with Crippen LogP contribution in [0.3, 0.4) is 0 Å². The summed E-state index contributed by atoms with van der Waals surface area (Å²) in [5.41, 5.74) is 0.225. The average Bonchev–Trinajstić information content (AvgIpc) is 3.05. The summed E-state index contributed by atoms with van der Waals surface area (Å²) in [5.74, 6) is 0.160. The maximum Gasteiger partial charge on any atom is 0.282 e. The minimum absolute atomic E-state index is 0.0320. The monoisotopic (exact) mass is 409 g/mol. The second kappa shape index (κ2) is 7.98. The van der Waals surface area contributed by atoms with E-state index in [1.165, 1.54) is 12.1 Å². The Morgan fingerprint density at radius 1 is 1.14 bits per heavy atom. The molecule has 3 aromatic rings. The van der Waals surface area contributed by atoms with Crippen molar-refractivity contribution in [1.29, 1.82) is 0 Å². The smallest absolute Gasteiger partial charge is 0.282 e. The Morgan fingerprint density at radius 3 is 2.39 bits per heavy atom. The number of alkyl halides is 2. The fourth-order valence-corrected chi connectivity index (χ4v) is 3.06. The number of nitrogens with zero attached hydrogens (tertiary/aromatic N) is 4. The molecule has 2 N–H and O–H groups in total. The molecule has 0 spiro atoms. The molecular weight excluding hydrogens is 392 g/mol. The van der Waals surface area contributed by atoms with Gasteiger partial charge >= 0.3 is 0 Å². The first-order chi connectivity index (χ1) is 13.3. The van der Waals surface area contributed by atoms with E-state index in [0.717, 1.165) is 16.5 Å². The van der Waals surface area contributed by atoms with Gasteiger partial charge in [0.1, 0.15) is 11.5 Å². The van der Waals surface area contributed by atoms with Crippen LogP contribution in [0.5, 0.6) is 0 Å². The lowest BCUT2D eigenvalue weighted by Crippen LogP contribution is -2.11. The number of halogens is 2. The molecule has 0 unspecified atom stereocenters. The zero-order chi connectivity index (χ0) is 20.3. The third kappa shape index (κ3) is 4.15. The normalized spacial score (nSPS) is 11.8. The van der Waals surface area contributed by atoms with Crippen molar-refractivity contribution in [2.24, 2.45) is 0 Å². The van der Waals surface area contributed by atoms with Gasteiger partial charge in [-0.05, 0) is 17.7 Å². The summed E-state index contributed by atoms with van der Waals surface area (Å²) < 4.78 is 50.9. The number of aliphatic hydroxyl groups excluding tert-OH is 1. The van der Waals surface area contributed by atoms with Crippen LogP contribution in [0.2, 0.25) is 0 Å². The Hall–Kier alpha value is -2.92. The Kier molecular flexibility index (Phi) is 5.66. The fourth-order valence-electron chi connectivity index (χ4n) is 2.55. The van der Waals surface area contributed by atoms with Crippen LogP contribution < -0.4 is 5.32 Å². The van der Waals surface area contributed by atoms with Gasteiger partial charge in [0.2, 0.25) is 0 Å². The molecule has 0 bridgehead atoms. The first kappa shape index (κ1) is 19.8. The molecule has 0 radical (unpaired) electrons. The van der Waals surface area contributed by atoms with Gasteiger partial charge in [-0.15, -0.1) is 10.2 Å². The van der Waals surface area contributed by atoms with E-state index >= 15 is 0 Å². The predicted molar refractivity (Wildman–Crippen MR) is 96.9 cm³/mol. The molecule has 1 aromatic carbocycles. The summed E-state index contributed by atoms with van der Waals surface area (Å²) in [7, 11) is -3.56. The molecule has 0 amide bonds. The van der Waals surface area contributed by atoms with Gasteiger partial charge < -0.3 is 10.4 Å². The van der Waals surface area contributed by atoms with E-state index in [0.29, 0.717) is 0 Å². The van der Waals surface area contributed by atoms with E-state index in [1.807, 2.05) is 30.3 Å². The third-order valence-corrected chi connectivity index (χ3v) is 4.88. The Labute approximate surface area is 159 Å². The molecule has 28 heavy (non-hydrogen) atoms. The van der Waals surface area contributed by atoms with E-state index < -0.39 is 28.6 Å². The zero-order valence-corrected chi connectivity index (χ0v) is 15.6. The lowest BCUT2D eigenvalue weighted by molar-refractivity contribution is 0.141. The quantitative estimate of drug-likeness (QED) is 0.615. The molecule has 2 heterocycles. The highest BCUT2D eigenvalue weighted by Crippen LogP contribution is 2.30. The second-order valence-corrected chi connectivity index (χ2v) is 7.89. The van der Waals surface area contributed by atoms with Crippen LogP contribution in [0.15, 0.2) is 47.5 Å². The first-order valence-electron chi connectivity index (χ1n) is 8.14. The molecule has 11 heteroatoms. The van der Waals surface area contributed by atoms with Crippen molar-refractivity contribution in [2.75, 3.05) is 11.6 Å². The number of aliphatic hydroxyl groups is 1. The van der Waals surface area contributed by atoms with Crippen molar-refractivity contribution in [3.8, 4) is 5.82 Å². The second-order valence-electron chi connectivity index (χ2n) is 5.92.